The zero-order valence-corrected chi connectivity index (χ0v) is 25.8. The highest BCUT2D eigenvalue weighted by molar-refractivity contribution is 7.91. The Morgan fingerprint density at radius 3 is 2.45 bits per heavy atom. The number of halogens is 1. The molecule has 3 heterocycles. The number of carbonyl (C=O) groups is 2. The summed E-state index contributed by atoms with van der Waals surface area (Å²) < 4.78 is 61.1. The van der Waals surface area contributed by atoms with E-state index in [1.807, 2.05) is 12.1 Å². The number of nitrogens with one attached hydrogen (secondary N) is 1. The second-order valence-corrected chi connectivity index (χ2v) is 15.4. The van der Waals surface area contributed by atoms with Crippen molar-refractivity contribution in [3.63, 3.8) is 0 Å². The Balaban J connectivity index is 1.26. The minimum Gasteiger partial charge on any atom is -0.456 e. The van der Waals surface area contributed by atoms with E-state index in [-0.39, 0.29) is 32.8 Å². The van der Waals surface area contributed by atoms with E-state index in [4.69, 9.17) is 16.3 Å². The third-order valence-corrected chi connectivity index (χ3v) is 12.8. The summed E-state index contributed by atoms with van der Waals surface area (Å²) in [6, 6.07) is 13.8. The van der Waals surface area contributed by atoms with E-state index in [0.717, 1.165) is 36.2 Å². The monoisotopic (exact) mass is 651 g/mol. The number of thiophene rings is 1. The first-order valence-corrected chi connectivity index (χ1v) is 17.6. The second-order valence-electron chi connectivity index (χ2n) is 10.0. The highest BCUT2D eigenvalue weighted by atomic mass is 35.5. The lowest BCUT2D eigenvalue weighted by Crippen LogP contribution is -2.41. The zero-order chi connectivity index (χ0) is 29.9. The van der Waals surface area contributed by atoms with Crippen molar-refractivity contribution in [1.82, 2.24) is 8.61 Å². The molecular formula is C28H30ClN3O7S3. The Kier molecular flexibility index (Phi) is 9.35. The van der Waals surface area contributed by atoms with Gasteiger partial charge in [-0.05, 0) is 60.0 Å². The third kappa shape index (κ3) is 6.56. The van der Waals surface area contributed by atoms with Crippen LogP contribution < -0.4 is 5.32 Å². The quantitative estimate of drug-likeness (QED) is 0.339. The standard InChI is InChI=1S/C28H30ClN3O7S3/c29-23-11-10-21(41(35,36)31-13-4-1-5-14-31)17-24(23)30-26(33)19-39-27(34)18-25-22-8-3-2-7-20(22)12-15-32(25)42(37,38)28-9-6-16-40-28/h2-3,6-11,16-17,25H,1,4-5,12-15,18-19H2,(H,30,33). The summed E-state index contributed by atoms with van der Waals surface area (Å²) >= 11 is 7.33. The van der Waals surface area contributed by atoms with Gasteiger partial charge in [-0.25, -0.2) is 16.8 Å². The topological polar surface area (TPSA) is 130 Å². The summed E-state index contributed by atoms with van der Waals surface area (Å²) in [4.78, 5) is 25.6. The Labute approximate surface area is 254 Å². The molecule has 2 aliphatic heterocycles. The number of amides is 1. The number of hydrogen-bond acceptors (Lipinski definition) is 8. The third-order valence-electron chi connectivity index (χ3n) is 7.31. The predicted molar refractivity (Wildman–Crippen MR) is 159 cm³/mol. The van der Waals surface area contributed by atoms with E-state index in [1.54, 1.807) is 23.6 Å². The Bertz CT molecular complexity index is 1670. The zero-order valence-electron chi connectivity index (χ0n) is 22.6. The number of fused-ring (bicyclic) bond motifs is 1. The molecule has 0 radical (unpaired) electrons. The van der Waals surface area contributed by atoms with E-state index >= 15 is 0 Å². The van der Waals surface area contributed by atoms with E-state index in [2.05, 4.69) is 5.32 Å². The molecule has 1 unspecified atom stereocenters. The van der Waals surface area contributed by atoms with Crippen LogP contribution in [0.4, 0.5) is 5.69 Å². The van der Waals surface area contributed by atoms with E-state index in [9.17, 15) is 26.4 Å². The second kappa shape index (κ2) is 12.8. The molecule has 1 saturated heterocycles. The van der Waals surface area contributed by atoms with E-state index in [0.29, 0.717) is 25.1 Å². The van der Waals surface area contributed by atoms with E-state index in [1.165, 1.54) is 32.9 Å². The van der Waals surface area contributed by atoms with Crippen molar-refractivity contribution in [1.29, 1.82) is 0 Å². The summed E-state index contributed by atoms with van der Waals surface area (Å²) in [5.74, 6) is -1.48. The fraction of sp³-hybridized carbons (Fsp3) is 0.357. The number of hydrogen-bond donors (Lipinski definition) is 1. The molecule has 2 aliphatic rings. The molecule has 3 aromatic rings. The molecule has 1 atom stereocenters. The van der Waals surface area contributed by atoms with Crippen molar-refractivity contribution in [2.75, 3.05) is 31.6 Å². The SMILES string of the molecule is O=C(COC(=O)CC1c2ccccc2CCN1S(=O)(=O)c1cccs1)Nc1cc(S(=O)(=O)N2CCCCC2)ccc1Cl. The van der Waals surface area contributed by atoms with Gasteiger partial charge < -0.3 is 10.1 Å². The minimum absolute atomic E-state index is 0.00380. The molecule has 14 heteroatoms. The van der Waals surface area contributed by atoms with Crippen LogP contribution in [0.5, 0.6) is 0 Å². The molecule has 1 N–H and O–H groups in total. The lowest BCUT2D eigenvalue weighted by atomic mass is 9.92. The highest BCUT2D eigenvalue weighted by Gasteiger charge is 2.38. The summed E-state index contributed by atoms with van der Waals surface area (Å²) in [5.41, 5.74) is 1.73. The first-order valence-electron chi connectivity index (χ1n) is 13.5. The number of benzene rings is 2. The molecule has 1 aromatic heterocycles. The maximum absolute atomic E-state index is 13.4. The largest absolute Gasteiger partial charge is 0.456 e. The van der Waals surface area contributed by atoms with Crippen LogP contribution in [0.1, 0.15) is 42.9 Å². The van der Waals surface area contributed by atoms with Crippen LogP contribution >= 0.6 is 22.9 Å². The van der Waals surface area contributed by atoms with Gasteiger partial charge in [-0.3, -0.25) is 9.59 Å². The molecule has 5 rings (SSSR count). The van der Waals surface area contributed by atoms with Gasteiger partial charge in [-0.15, -0.1) is 11.3 Å². The van der Waals surface area contributed by atoms with Gasteiger partial charge >= 0.3 is 5.97 Å². The summed E-state index contributed by atoms with van der Waals surface area (Å²) in [5, 5.41) is 4.32. The number of ether oxygens (including phenoxy) is 1. The average molecular weight is 652 g/mol. The molecule has 0 aliphatic carbocycles. The molecular weight excluding hydrogens is 622 g/mol. The smallest absolute Gasteiger partial charge is 0.308 e. The van der Waals surface area contributed by atoms with Crippen molar-refractivity contribution >= 4 is 60.5 Å². The fourth-order valence-corrected chi connectivity index (χ4v) is 9.65. The Morgan fingerprint density at radius 2 is 1.71 bits per heavy atom. The van der Waals surface area contributed by atoms with Crippen molar-refractivity contribution in [3.8, 4) is 0 Å². The van der Waals surface area contributed by atoms with Gasteiger partial charge in [0.25, 0.3) is 15.9 Å². The number of anilines is 1. The minimum atomic E-state index is -3.86. The Morgan fingerprint density at radius 1 is 0.952 bits per heavy atom. The molecule has 0 bridgehead atoms. The van der Waals surface area contributed by atoms with Crippen molar-refractivity contribution in [3.05, 3.63) is 76.1 Å². The predicted octanol–water partition coefficient (Wildman–Crippen LogP) is 4.44. The van der Waals surface area contributed by atoms with E-state index < -0.39 is 44.6 Å². The van der Waals surface area contributed by atoms with Crippen LogP contribution in [-0.4, -0.2) is 63.6 Å². The van der Waals surface area contributed by atoms with Gasteiger partial charge in [-0.1, -0.05) is 48.4 Å². The van der Waals surface area contributed by atoms with Crippen LogP contribution in [-0.2, 0) is 40.8 Å². The number of carbonyl (C=O) groups excluding carboxylic acids is 2. The number of nitrogens with zero attached hydrogens (tertiary/aromatic N) is 2. The summed E-state index contributed by atoms with van der Waals surface area (Å²) in [7, 11) is -7.61. The lowest BCUT2D eigenvalue weighted by Gasteiger charge is -2.35. The first kappa shape index (κ1) is 30.6. The van der Waals surface area contributed by atoms with Crippen LogP contribution in [0.2, 0.25) is 5.02 Å². The maximum atomic E-state index is 13.4. The van der Waals surface area contributed by atoms with Gasteiger partial charge in [0.15, 0.2) is 6.61 Å². The molecule has 2 aromatic carbocycles. The van der Waals surface area contributed by atoms with Crippen molar-refractivity contribution in [2.45, 2.75) is 47.3 Å². The lowest BCUT2D eigenvalue weighted by molar-refractivity contribution is -0.148. The maximum Gasteiger partial charge on any atom is 0.308 e. The summed E-state index contributed by atoms with van der Waals surface area (Å²) in [6.07, 6.45) is 2.75. The first-order chi connectivity index (χ1) is 20.1. The van der Waals surface area contributed by atoms with Gasteiger partial charge in [-0.2, -0.15) is 8.61 Å². The van der Waals surface area contributed by atoms with Gasteiger partial charge in [0.05, 0.1) is 28.1 Å². The van der Waals surface area contributed by atoms with Crippen molar-refractivity contribution in [2.24, 2.45) is 0 Å². The Hall–Kier alpha value is -2.81. The molecule has 1 fully saturated rings. The van der Waals surface area contributed by atoms with Crippen LogP contribution in [0.15, 0.2) is 69.1 Å². The molecule has 42 heavy (non-hydrogen) atoms. The average Bonchev–Trinajstić information content (AvgIpc) is 3.54. The molecule has 224 valence electrons. The van der Waals surface area contributed by atoms with Gasteiger partial charge in [0.1, 0.15) is 4.21 Å². The number of esters is 1. The fourth-order valence-electron chi connectivity index (χ4n) is 5.22. The van der Waals surface area contributed by atoms with Crippen molar-refractivity contribution < 1.29 is 31.2 Å². The molecule has 1 amide bonds. The van der Waals surface area contributed by atoms with Crippen LogP contribution in [0, 0.1) is 0 Å². The van der Waals surface area contributed by atoms with Gasteiger partial charge in [0.2, 0.25) is 10.0 Å². The van der Waals surface area contributed by atoms with Crippen LogP contribution in [0.3, 0.4) is 0 Å². The number of piperidine rings is 1. The highest BCUT2D eigenvalue weighted by Crippen LogP contribution is 2.37. The summed E-state index contributed by atoms with van der Waals surface area (Å²) in [6.45, 7) is 0.398. The molecule has 0 spiro atoms. The van der Waals surface area contributed by atoms with Crippen LogP contribution in [0.25, 0.3) is 0 Å². The molecule has 10 nitrogen and oxygen atoms in total. The van der Waals surface area contributed by atoms with Gasteiger partial charge in [0, 0.05) is 19.6 Å². The normalized spacial score (nSPS) is 18.3. The number of sulfonamides is 2. The molecule has 0 saturated carbocycles. The number of rotatable bonds is 9.